The fourth-order valence-electron chi connectivity index (χ4n) is 5.92. The zero-order valence-electron chi connectivity index (χ0n) is 24.5. The summed E-state index contributed by atoms with van der Waals surface area (Å²) in [4.78, 5) is 41.4. The summed E-state index contributed by atoms with van der Waals surface area (Å²) in [5.41, 5.74) is 0.372. The van der Waals surface area contributed by atoms with Crippen molar-refractivity contribution in [1.29, 1.82) is 0 Å². The summed E-state index contributed by atoms with van der Waals surface area (Å²) >= 11 is 0. The first-order valence-corrected chi connectivity index (χ1v) is 14.0. The Morgan fingerprint density at radius 3 is 2.45 bits per heavy atom. The molecular weight excluding hydrogens is 512 g/mol. The highest BCUT2D eigenvalue weighted by atomic mass is 16.5. The quantitative estimate of drug-likeness (QED) is 0.548. The topological polar surface area (TPSA) is 103 Å². The van der Waals surface area contributed by atoms with Crippen LogP contribution in [0.1, 0.15) is 64.0 Å². The summed E-state index contributed by atoms with van der Waals surface area (Å²) < 4.78 is 22.5. The van der Waals surface area contributed by atoms with E-state index in [-0.39, 0.29) is 25.5 Å². The largest absolute Gasteiger partial charge is 0.496 e. The molecule has 3 atom stereocenters. The lowest BCUT2D eigenvalue weighted by Gasteiger charge is -2.35. The Morgan fingerprint density at radius 1 is 1.05 bits per heavy atom. The van der Waals surface area contributed by atoms with E-state index in [1.165, 1.54) is 12.0 Å². The van der Waals surface area contributed by atoms with Crippen molar-refractivity contribution in [2.75, 3.05) is 34.5 Å². The lowest BCUT2D eigenvalue weighted by Crippen LogP contribution is -2.57. The van der Waals surface area contributed by atoms with Gasteiger partial charge in [-0.25, -0.2) is 9.59 Å². The van der Waals surface area contributed by atoms with Gasteiger partial charge < -0.3 is 29.2 Å². The fraction of sp³-hybridized carbons (Fsp3) is 0.581. The van der Waals surface area contributed by atoms with E-state index in [9.17, 15) is 14.4 Å². The maximum Gasteiger partial charge on any atom is 0.407 e. The lowest BCUT2D eigenvalue weighted by atomic mass is 9.85. The van der Waals surface area contributed by atoms with Crippen LogP contribution in [0.3, 0.4) is 0 Å². The average Bonchev–Trinajstić information content (AvgIpc) is 3.34. The van der Waals surface area contributed by atoms with Crippen LogP contribution >= 0.6 is 0 Å². The second-order valence-corrected chi connectivity index (χ2v) is 11.8. The van der Waals surface area contributed by atoms with E-state index >= 15 is 0 Å². The third-order valence-electron chi connectivity index (χ3n) is 8.24. The van der Waals surface area contributed by atoms with Gasteiger partial charge in [-0.05, 0) is 53.1 Å². The molecule has 0 unspecified atom stereocenters. The molecule has 1 fully saturated rings. The number of fused-ring (bicyclic) bond motifs is 4. The Labute approximate surface area is 236 Å². The molecule has 4 rings (SSSR count). The van der Waals surface area contributed by atoms with E-state index in [0.717, 1.165) is 59.8 Å². The highest BCUT2D eigenvalue weighted by Crippen LogP contribution is 2.42. The van der Waals surface area contributed by atoms with Crippen LogP contribution < -0.4 is 10.1 Å². The number of esters is 1. The first-order valence-electron chi connectivity index (χ1n) is 14.0. The Balaban J connectivity index is 1.86. The molecule has 0 saturated carbocycles. The number of carbonyl (C=O) groups excluding carboxylic acids is 3. The van der Waals surface area contributed by atoms with Crippen LogP contribution in [0.25, 0.3) is 10.8 Å². The number of cyclic esters (lactones) is 1. The van der Waals surface area contributed by atoms with Crippen molar-refractivity contribution in [1.82, 2.24) is 10.2 Å². The number of aryl methyl sites for hydroxylation is 1. The molecular formula is C31H42N2O7. The van der Waals surface area contributed by atoms with Gasteiger partial charge in [0.1, 0.15) is 23.4 Å². The zero-order chi connectivity index (χ0) is 29.1. The maximum absolute atomic E-state index is 14.1. The molecule has 0 spiro atoms. The molecule has 40 heavy (non-hydrogen) atoms. The van der Waals surface area contributed by atoms with Crippen molar-refractivity contribution >= 4 is 28.7 Å². The van der Waals surface area contributed by atoms with E-state index in [4.69, 9.17) is 18.9 Å². The van der Waals surface area contributed by atoms with E-state index in [2.05, 4.69) is 17.4 Å². The number of methoxy groups -OCH3 is 3. The SMILES string of the molecule is COC(=O)[C@@H]1C[C@]2(OC)CN1C(=O)[C@H](C(C)(C)C)NC(=O)OCCCCCCc1c(OC)ccc3ccc2cc13. The number of benzene rings is 2. The van der Waals surface area contributed by atoms with Crippen molar-refractivity contribution in [3.63, 3.8) is 0 Å². The number of nitrogens with zero attached hydrogens (tertiary/aromatic N) is 1. The molecule has 0 radical (unpaired) electrons. The standard InChI is InChI=1S/C31H42N2O7/c1-30(2,3)26-27(34)33-19-31(39-6,18-24(33)28(35)38-5)21-14-12-20-13-15-25(37-4)22(23(20)17-21)11-9-7-8-10-16-40-29(36)32-26/h12-15,17,24,26H,7-11,16,18-19H2,1-6H3,(H,32,36)/t24-,26+,31-/m0/s1. The van der Waals surface area contributed by atoms with Crippen LogP contribution in [0, 0.1) is 5.41 Å². The van der Waals surface area contributed by atoms with E-state index in [0.29, 0.717) is 0 Å². The smallest absolute Gasteiger partial charge is 0.407 e. The van der Waals surface area contributed by atoms with Crippen LogP contribution in [0.15, 0.2) is 30.3 Å². The Bertz CT molecular complexity index is 1250. The van der Waals surface area contributed by atoms with Gasteiger partial charge in [0, 0.05) is 19.1 Å². The number of amides is 2. The molecule has 0 aliphatic carbocycles. The molecule has 9 heteroatoms. The van der Waals surface area contributed by atoms with Gasteiger partial charge in [0.2, 0.25) is 5.91 Å². The second kappa shape index (κ2) is 12.0. The molecule has 2 amide bonds. The molecule has 1 N–H and O–H groups in total. The summed E-state index contributed by atoms with van der Waals surface area (Å²) in [6, 6.07) is 8.40. The predicted octanol–water partition coefficient (Wildman–Crippen LogP) is 4.72. The first kappa shape index (κ1) is 29.6. The molecule has 218 valence electrons. The van der Waals surface area contributed by atoms with Crippen molar-refractivity contribution in [2.45, 2.75) is 77.0 Å². The molecule has 9 nitrogen and oxygen atoms in total. The molecule has 1 saturated heterocycles. The first-order chi connectivity index (χ1) is 19.0. The van der Waals surface area contributed by atoms with Gasteiger partial charge >= 0.3 is 12.1 Å². The molecule has 2 aromatic rings. The van der Waals surface area contributed by atoms with Crippen molar-refractivity contribution in [3.05, 3.63) is 41.5 Å². The van der Waals surface area contributed by atoms with Crippen LogP contribution in [0.5, 0.6) is 5.75 Å². The summed E-state index contributed by atoms with van der Waals surface area (Å²) in [6.07, 6.45) is 3.97. The number of rotatable bonds is 3. The van der Waals surface area contributed by atoms with E-state index < -0.39 is 35.2 Å². The van der Waals surface area contributed by atoms with Gasteiger partial charge in [-0.2, -0.15) is 0 Å². The monoisotopic (exact) mass is 554 g/mol. The van der Waals surface area contributed by atoms with E-state index in [1.807, 2.05) is 39.0 Å². The molecule has 4 bridgehead atoms. The third kappa shape index (κ3) is 5.89. The van der Waals surface area contributed by atoms with Gasteiger partial charge in [0.25, 0.3) is 0 Å². The number of ether oxygens (including phenoxy) is 4. The molecule has 2 aliphatic heterocycles. The fourth-order valence-corrected chi connectivity index (χ4v) is 5.92. The van der Waals surface area contributed by atoms with Crippen LogP contribution in [-0.4, -0.2) is 69.4 Å². The second-order valence-electron chi connectivity index (χ2n) is 11.8. The van der Waals surface area contributed by atoms with Gasteiger partial charge in [0.05, 0.1) is 27.4 Å². The molecule has 2 aromatic carbocycles. The van der Waals surface area contributed by atoms with Crippen LogP contribution in [0.2, 0.25) is 0 Å². The minimum absolute atomic E-state index is 0.121. The normalized spacial score (nSPS) is 24.7. The minimum Gasteiger partial charge on any atom is -0.496 e. The van der Waals surface area contributed by atoms with Gasteiger partial charge in [0.15, 0.2) is 0 Å². The molecule has 0 aromatic heterocycles. The predicted molar refractivity (Wildman–Crippen MR) is 151 cm³/mol. The molecule has 2 aliphatic rings. The van der Waals surface area contributed by atoms with Crippen LogP contribution in [0.4, 0.5) is 4.79 Å². The number of alkyl carbamates (subject to hydrolysis) is 1. The Kier molecular flexibility index (Phi) is 8.93. The Hall–Kier alpha value is -3.33. The van der Waals surface area contributed by atoms with Crippen molar-refractivity contribution in [2.24, 2.45) is 5.41 Å². The van der Waals surface area contributed by atoms with Crippen molar-refractivity contribution in [3.8, 4) is 5.75 Å². The van der Waals surface area contributed by atoms with Crippen molar-refractivity contribution < 1.29 is 33.3 Å². The number of nitrogens with one attached hydrogen (secondary N) is 1. The molecule has 2 heterocycles. The summed E-state index contributed by atoms with van der Waals surface area (Å²) in [7, 11) is 4.59. The lowest BCUT2D eigenvalue weighted by molar-refractivity contribution is -0.152. The van der Waals surface area contributed by atoms with Gasteiger partial charge in [-0.3, -0.25) is 4.79 Å². The number of carbonyl (C=O) groups is 3. The summed E-state index contributed by atoms with van der Waals surface area (Å²) in [6.45, 7) is 5.99. The summed E-state index contributed by atoms with van der Waals surface area (Å²) in [5.74, 6) is -0.0891. The maximum atomic E-state index is 14.1. The third-order valence-corrected chi connectivity index (χ3v) is 8.24. The number of hydrogen-bond acceptors (Lipinski definition) is 7. The van der Waals surface area contributed by atoms with Gasteiger partial charge in [-0.15, -0.1) is 0 Å². The highest BCUT2D eigenvalue weighted by Gasteiger charge is 2.53. The Morgan fingerprint density at radius 2 is 1.77 bits per heavy atom. The highest BCUT2D eigenvalue weighted by molar-refractivity contribution is 5.92. The zero-order valence-corrected chi connectivity index (χ0v) is 24.5. The summed E-state index contributed by atoms with van der Waals surface area (Å²) in [5, 5.41) is 4.92. The van der Waals surface area contributed by atoms with E-state index in [1.54, 1.807) is 14.2 Å². The minimum atomic E-state index is -0.961. The van der Waals surface area contributed by atoms with Crippen LogP contribution in [-0.2, 0) is 35.8 Å². The van der Waals surface area contributed by atoms with Gasteiger partial charge in [-0.1, -0.05) is 51.8 Å². The number of hydrogen-bond donors (Lipinski definition) is 1. The average molecular weight is 555 g/mol.